The highest BCUT2D eigenvalue weighted by atomic mass is 79.9. The summed E-state index contributed by atoms with van der Waals surface area (Å²) in [7, 11) is 0. The number of halogens is 1. The second-order valence-electron chi connectivity index (χ2n) is 4.54. The van der Waals surface area contributed by atoms with Crippen molar-refractivity contribution < 1.29 is 9.21 Å². The molecule has 106 valence electrons. The van der Waals surface area contributed by atoms with Crippen LogP contribution in [-0.4, -0.2) is 10.2 Å². The van der Waals surface area contributed by atoms with Crippen LogP contribution < -0.4 is 5.32 Å². The lowest BCUT2D eigenvalue weighted by atomic mass is 10.1. The molecular formula is C15H10BrNO2S2. The van der Waals surface area contributed by atoms with Gasteiger partial charge in [-0.3, -0.25) is 4.79 Å². The SMILES string of the molecule is Cc1ccc(-c2ccc(/C=C3/SC(=S)NC3=O)o2)c(Br)c1. The van der Waals surface area contributed by atoms with Crippen molar-refractivity contribution in [1.82, 2.24) is 5.32 Å². The fourth-order valence-electron chi connectivity index (χ4n) is 1.95. The summed E-state index contributed by atoms with van der Waals surface area (Å²) in [6.07, 6.45) is 1.70. The van der Waals surface area contributed by atoms with Gasteiger partial charge in [0.1, 0.15) is 15.8 Å². The summed E-state index contributed by atoms with van der Waals surface area (Å²) in [6.45, 7) is 2.03. The number of thiocarbonyl (C=S) groups is 1. The molecule has 1 aliphatic rings. The highest BCUT2D eigenvalue weighted by Crippen LogP contribution is 2.32. The Morgan fingerprint density at radius 1 is 1.33 bits per heavy atom. The van der Waals surface area contributed by atoms with Gasteiger partial charge in [0, 0.05) is 16.1 Å². The molecule has 0 radical (unpaired) electrons. The molecule has 6 heteroatoms. The van der Waals surface area contributed by atoms with Crippen molar-refractivity contribution in [3.8, 4) is 11.3 Å². The van der Waals surface area contributed by atoms with E-state index in [-0.39, 0.29) is 5.91 Å². The average Bonchev–Trinajstić information content (AvgIpc) is 2.97. The number of hydrogen-bond acceptors (Lipinski definition) is 4. The van der Waals surface area contributed by atoms with E-state index < -0.39 is 0 Å². The fourth-order valence-corrected chi connectivity index (χ4v) is 3.66. The lowest BCUT2D eigenvalue weighted by Gasteiger charge is -2.02. The molecular weight excluding hydrogens is 370 g/mol. The smallest absolute Gasteiger partial charge is 0.263 e. The van der Waals surface area contributed by atoms with Crippen LogP contribution in [0.4, 0.5) is 0 Å². The van der Waals surface area contributed by atoms with Gasteiger partial charge in [0.15, 0.2) is 0 Å². The standard InChI is InChI=1S/C15H10BrNO2S2/c1-8-2-4-10(11(16)6-8)12-5-3-9(19-12)7-13-14(18)17-15(20)21-13/h2-7H,1H3,(H,17,18,20)/b13-7+. The molecule has 1 saturated heterocycles. The Bertz CT molecular complexity index is 780. The fraction of sp³-hybridized carbons (Fsp3) is 0.0667. The maximum atomic E-state index is 11.6. The summed E-state index contributed by atoms with van der Waals surface area (Å²) in [5, 5.41) is 2.58. The number of thioether (sulfide) groups is 1. The van der Waals surface area contributed by atoms with Gasteiger partial charge in [0.05, 0.1) is 4.91 Å². The molecule has 0 aliphatic carbocycles. The predicted octanol–water partition coefficient (Wildman–Crippen LogP) is 4.51. The van der Waals surface area contributed by atoms with Crippen molar-refractivity contribution in [2.75, 3.05) is 0 Å². The zero-order valence-corrected chi connectivity index (χ0v) is 14.2. The van der Waals surface area contributed by atoms with Gasteiger partial charge < -0.3 is 9.73 Å². The van der Waals surface area contributed by atoms with E-state index in [1.807, 2.05) is 37.3 Å². The van der Waals surface area contributed by atoms with Crippen LogP contribution in [0, 0.1) is 6.92 Å². The first kappa shape index (κ1) is 14.6. The van der Waals surface area contributed by atoms with Crippen LogP contribution in [-0.2, 0) is 4.79 Å². The monoisotopic (exact) mass is 379 g/mol. The molecule has 0 saturated carbocycles. The number of furan rings is 1. The Labute approximate surface area is 139 Å². The minimum atomic E-state index is -0.181. The van der Waals surface area contributed by atoms with Crippen LogP contribution in [0.25, 0.3) is 17.4 Å². The van der Waals surface area contributed by atoms with Crippen LogP contribution in [0.3, 0.4) is 0 Å². The molecule has 1 fully saturated rings. The van der Waals surface area contributed by atoms with Gasteiger partial charge in [-0.25, -0.2) is 0 Å². The Morgan fingerprint density at radius 3 is 2.81 bits per heavy atom. The van der Waals surface area contributed by atoms with Crippen LogP contribution >= 0.6 is 39.9 Å². The van der Waals surface area contributed by atoms with Crippen LogP contribution in [0.1, 0.15) is 11.3 Å². The third-order valence-electron chi connectivity index (χ3n) is 2.93. The molecule has 1 N–H and O–H groups in total. The number of aryl methyl sites for hydroxylation is 1. The molecule has 1 aliphatic heterocycles. The zero-order valence-electron chi connectivity index (χ0n) is 11.0. The van der Waals surface area contributed by atoms with Crippen molar-refractivity contribution in [2.24, 2.45) is 0 Å². The van der Waals surface area contributed by atoms with E-state index in [0.717, 1.165) is 15.8 Å². The summed E-state index contributed by atoms with van der Waals surface area (Å²) >= 11 is 9.73. The molecule has 1 aromatic heterocycles. The second-order valence-corrected chi connectivity index (χ2v) is 7.11. The van der Waals surface area contributed by atoms with Gasteiger partial charge in [-0.1, -0.05) is 46.0 Å². The molecule has 1 aromatic carbocycles. The van der Waals surface area contributed by atoms with Gasteiger partial charge in [-0.2, -0.15) is 0 Å². The van der Waals surface area contributed by atoms with E-state index in [2.05, 4.69) is 21.2 Å². The normalized spacial score (nSPS) is 16.6. The Morgan fingerprint density at radius 2 is 2.14 bits per heavy atom. The van der Waals surface area contributed by atoms with Crippen molar-refractivity contribution in [3.63, 3.8) is 0 Å². The summed E-state index contributed by atoms with van der Waals surface area (Å²) in [4.78, 5) is 12.2. The first-order valence-corrected chi connectivity index (χ1v) is 8.16. The summed E-state index contributed by atoms with van der Waals surface area (Å²) < 4.78 is 7.24. The average molecular weight is 380 g/mol. The van der Waals surface area contributed by atoms with Gasteiger partial charge in [0.25, 0.3) is 5.91 Å². The van der Waals surface area contributed by atoms with Crippen molar-refractivity contribution >= 4 is 56.2 Å². The lowest BCUT2D eigenvalue weighted by molar-refractivity contribution is -0.115. The maximum Gasteiger partial charge on any atom is 0.263 e. The van der Waals surface area contributed by atoms with E-state index >= 15 is 0 Å². The number of rotatable bonds is 2. The maximum absolute atomic E-state index is 11.6. The van der Waals surface area contributed by atoms with Gasteiger partial charge in [0.2, 0.25) is 0 Å². The van der Waals surface area contributed by atoms with Crippen LogP contribution in [0.2, 0.25) is 0 Å². The van der Waals surface area contributed by atoms with Crippen molar-refractivity contribution in [1.29, 1.82) is 0 Å². The number of carbonyl (C=O) groups excluding carboxylic acids is 1. The minimum Gasteiger partial charge on any atom is -0.457 e. The second kappa shape index (κ2) is 5.79. The third kappa shape index (κ3) is 3.12. The zero-order chi connectivity index (χ0) is 15.0. The first-order chi connectivity index (χ1) is 10.0. The lowest BCUT2D eigenvalue weighted by Crippen LogP contribution is -2.17. The molecule has 3 rings (SSSR count). The number of nitrogens with one attached hydrogen (secondary N) is 1. The highest BCUT2D eigenvalue weighted by molar-refractivity contribution is 9.10. The van der Waals surface area contributed by atoms with Crippen molar-refractivity contribution in [3.05, 3.63) is 51.0 Å². The summed E-state index contributed by atoms with van der Waals surface area (Å²) in [5.74, 6) is 1.19. The molecule has 0 spiro atoms. The summed E-state index contributed by atoms with van der Waals surface area (Å²) in [5.41, 5.74) is 2.15. The predicted molar refractivity (Wildman–Crippen MR) is 92.9 cm³/mol. The molecule has 0 unspecified atom stereocenters. The van der Waals surface area contributed by atoms with Crippen molar-refractivity contribution in [2.45, 2.75) is 6.92 Å². The van der Waals surface area contributed by atoms with E-state index in [1.165, 1.54) is 17.3 Å². The van der Waals surface area contributed by atoms with E-state index in [4.69, 9.17) is 16.6 Å². The number of carbonyl (C=O) groups is 1. The number of benzene rings is 1. The number of amides is 1. The van der Waals surface area contributed by atoms with Crippen LogP contribution in [0.5, 0.6) is 0 Å². The molecule has 2 heterocycles. The van der Waals surface area contributed by atoms with E-state index in [9.17, 15) is 4.79 Å². The highest BCUT2D eigenvalue weighted by Gasteiger charge is 2.22. The molecule has 3 nitrogen and oxygen atoms in total. The molecule has 1 amide bonds. The Balaban J connectivity index is 1.92. The quantitative estimate of drug-likeness (QED) is 0.615. The topological polar surface area (TPSA) is 42.2 Å². The van der Waals surface area contributed by atoms with Gasteiger partial charge in [-0.15, -0.1) is 0 Å². The van der Waals surface area contributed by atoms with Crippen LogP contribution in [0.15, 0.2) is 44.1 Å². The summed E-state index contributed by atoms with van der Waals surface area (Å²) in [6, 6.07) is 9.79. The Kier molecular flexibility index (Phi) is 4.01. The first-order valence-electron chi connectivity index (χ1n) is 6.14. The van der Waals surface area contributed by atoms with E-state index in [1.54, 1.807) is 6.08 Å². The minimum absolute atomic E-state index is 0.181. The van der Waals surface area contributed by atoms with Gasteiger partial charge in [-0.05, 0) is 36.8 Å². The molecule has 21 heavy (non-hydrogen) atoms. The third-order valence-corrected chi connectivity index (χ3v) is 4.75. The molecule has 0 atom stereocenters. The number of hydrogen-bond donors (Lipinski definition) is 1. The molecule has 0 bridgehead atoms. The molecule has 2 aromatic rings. The van der Waals surface area contributed by atoms with E-state index in [0.29, 0.717) is 15.0 Å². The Hall–Kier alpha value is -1.37. The largest absolute Gasteiger partial charge is 0.457 e. The van der Waals surface area contributed by atoms with Gasteiger partial charge >= 0.3 is 0 Å².